The van der Waals surface area contributed by atoms with Gasteiger partial charge in [0.2, 0.25) is 0 Å². The van der Waals surface area contributed by atoms with Gasteiger partial charge in [0, 0.05) is 18.4 Å². The molecular formula is C12H23BrO3. The summed E-state index contributed by atoms with van der Waals surface area (Å²) in [5.74, 6) is -0.0987. The number of unbranched alkanes of at least 4 members (excludes halogenated alkanes) is 5. The Labute approximate surface area is 107 Å². The smallest absolute Gasteiger partial charge is 0.305 e. The maximum absolute atomic E-state index is 11.2. The molecule has 16 heavy (non-hydrogen) atoms. The van der Waals surface area contributed by atoms with Gasteiger partial charge in [0.25, 0.3) is 0 Å². The van der Waals surface area contributed by atoms with Crippen LogP contribution in [0.4, 0.5) is 0 Å². The quantitative estimate of drug-likeness (QED) is 0.362. The Hall–Kier alpha value is -0.0900. The molecule has 4 heteroatoms. The highest BCUT2D eigenvalue weighted by Gasteiger charge is 2.01. The molecule has 0 aromatic heterocycles. The van der Waals surface area contributed by atoms with Crippen molar-refractivity contribution >= 4 is 21.9 Å². The van der Waals surface area contributed by atoms with Gasteiger partial charge in [-0.05, 0) is 25.7 Å². The molecular weight excluding hydrogens is 272 g/mol. The molecule has 0 aromatic carbocycles. The fraction of sp³-hybridized carbons (Fsp3) is 0.917. The maximum atomic E-state index is 11.2. The van der Waals surface area contributed by atoms with Crippen molar-refractivity contribution in [3.8, 4) is 0 Å². The molecule has 96 valence electrons. The number of hydrogen-bond donors (Lipinski definition) is 1. The van der Waals surface area contributed by atoms with Crippen LogP contribution in [0, 0.1) is 0 Å². The predicted molar refractivity (Wildman–Crippen MR) is 68.8 cm³/mol. The van der Waals surface area contributed by atoms with Crippen molar-refractivity contribution < 1.29 is 14.6 Å². The van der Waals surface area contributed by atoms with E-state index in [0.717, 1.165) is 37.4 Å². The zero-order valence-electron chi connectivity index (χ0n) is 9.92. The average Bonchev–Trinajstić information content (AvgIpc) is 2.29. The number of hydrogen-bond acceptors (Lipinski definition) is 3. The number of carbonyl (C=O) groups is 1. The zero-order chi connectivity index (χ0) is 12.1. The molecule has 0 fully saturated rings. The van der Waals surface area contributed by atoms with E-state index in [1.807, 2.05) is 0 Å². The van der Waals surface area contributed by atoms with Crippen molar-refractivity contribution in [2.45, 2.75) is 51.4 Å². The lowest BCUT2D eigenvalue weighted by atomic mass is 10.2. The van der Waals surface area contributed by atoms with Gasteiger partial charge >= 0.3 is 5.97 Å². The van der Waals surface area contributed by atoms with Crippen LogP contribution in [0.3, 0.4) is 0 Å². The number of aliphatic hydroxyl groups excluding tert-OH is 1. The molecule has 0 aliphatic carbocycles. The van der Waals surface area contributed by atoms with Crippen molar-refractivity contribution in [3.63, 3.8) is 0 Å². The number of ether oxygens (including phenoxy) is 1. The van der Waals surface area contributed by atoms with E-state index >= 15 is 0 Å². The Kier molecular flexibility index (Phi) is 12.9. The van der Waals surface area contributed by atoms with Gasteiger partial charge < -0.3 is 9.84 Å². The molecule has 0 unspecified atom stereocenters. The van der Waals surface area contributed by atoms with Crippen molar-refractivity contribution in [2.24, 2.45) is 0 Å². The van der Waals surface area contributed by atoms with Crippen LogP contribution in [-0.2, 0) is 9.53 Å². The van der Waals surface area contributed by atoms with Gasteiger partial charge in [-0.25, -0.2) is 0 Å². The minimum absolute atomic E-state index is 0.0987. The van der Waals surface area contributed by atoms with E-state index in [9.17, 15) is 4.79 Å². The summed E-state index contributed by atoms with van der Waals surface area (Å²) in [6, 6.07) is 0. The van der Waals surface area contributed by atoms with E-state index < -0.39 is 0 Å². The predicted octanol–water partition coefficient (Wildman–Crippen LogP) is 3.04. The standard InChI is InChI=1S/C12H23BrO3/c13-9-5-1-2-7-11-16-12(15)8-4-3-6-10-14/h14H,1-11H2. The molecule has 1 N–H and O–H groups in total. The topological polar surface area (TPSA) is 46.5 Å². The minimum atomic E-state index is -0.0987. The number of carbonyl (C=O) groups excluding carboxylic acids is 1. The zero-order valence-corrected chi connectivity index (χ0v) is 11.5. The monoisotopic (exact) mass is 294 g/mol. The third-order valence-corrected chi connectivity index (χ3v) is 2.89. The molecule has 0 aliphatic rings. The Morgan fingerprint density at radius 2 is 1.69 bits per heavy atom. The summed E-state index contributed by atoms with van der Waals surface area (Å²) in [5.41, 5.74) is 0. The second-order valence-corrected chi connectivity index (χ2v) is 4.65. The first kappa shape index (κ1) is 15.9. The highest BCUT2D eigenvalue weighted by molar-refractivity contribution is 9.09. The number of aliphatic hydroxyl groups is 1. The largest absolute Gasteiger partial charge is 0.466 e. The number of halogens is 1. The van der Waals surface area contributed by atoms with E-state index in [0.29, 0.717) is 13.0 Å². The van der Waals surface area contributed by atoms with Gasteiger partial charge in [0.1, 0.15) is 0 Å². The molecule has 0 amide bonds. The van der Waals surface area contributed by atoms with Gasteiger partial charge in [0.05, 0.1) is 6.61 Å². The van der Waals surface area contributed by atoms with Crippen molar-refractivity contribution in [2.75, 3.05) is 18.5 Å². The average molecular weight is 295 g/mol. The molecule has 0 spiro atoms. The Bertz CT molecular complexity index is 162. The molecule has 0 atom stereocenters. The highest BCUT2D eigenvalue weighted by Crippen LogP contribution is 2.04. The van der Waals surface area contributed by atoms with Crippen LogP contribution < -0.4 is 0 Å². The summed E-state index contributed by atoms with van der Waals surface area (Å²) < 4.78 is 5.09. The summed E-state index contributed by atoms with van der Waals surface area (Å²) in [7, 11) is 0. The second-order valence-electron chi connectivity index (χ2n) is 3.86. The van der Waals surface area contributed by atoms with Gasteiger partial charge in [-0.15, -0.1) is 0 Å². The van der Waals surface area contributed by atoms with Gasteiger partial charge in [-0.3, -0.25) is 4.79 Å². The first-order chi connectivity index (χ1) is 7.81. The summed E-state index contributed by atoms with van der Waals surface area (Å²) in [6.07, 6.45) is 7.47. The number of esters is 1. The SMILES string of the molecule is O=C(CCCCCO)OCCCCCCBr. The van der Waals surface area contributed by atoms with Crippen LogP contribution in [0.15, 0.2) is 0 Å². The van der Waals surface area contributed by atoms with E-state index in [1.165, 1.54) is 12.8 Å². The third kappa shape index (κ3) is 12.0. The minimum Gasteiger partial charge on any atom is -0.466 e. The molecule has 3 nitrogen and oxygen atoms in total. The fourth-order valence-corrected chi connectivity index (χ4v) is 1.76. The fourth-order valence-electron chi connectivity index (χ4n) is 1.37. The van der Waals surface area contributed by atoms with Crippen LogP contribution in [0.2, 0.25) is 0 Å². The molecule has 0 saturated carbocycles. The van der Waals surface area contributed by atoms with Crippen LogP contribution in [0.5, 0.6) is 0 Å². The Morgan fingerprint density at radius 1 is 1.00 bits per heavy atom. The first-order valence-corrected chi connectivity index (χ1v) is 7.26. The lowest BCUT2D eigenvalue weighted by Crippen LogP contribution is -2.05. The summed E-state index contributed by atoms with van der Waals surface area (Å²) in [6.45, 7) is 0.768. The van der Waals surface area contributed by atoms with E-state index in [2.05, 4.69) is 15.9 Å². The van der Waals surface area contributed by atoms with Crippen molar-refractivity contribution in [1.29, 1.82) is 0 Å². The summed E-state index contributed by atoms with van der Waals surface area (Å²) in [5, 5.41) is 9.61. The van der Waals surface area contributed by atoms with E-state index in [-0.39, 0.29) is 12.6 Å². The van der Waals surface area contributed by atoms with E-state index in [1.54, 1.807) is 0 Å². The summed E-state index contributed by atoms with van der Waals surface area (Å²) >= 11 is 3.38. The lowest BCUT2D eigenvalue weighted by Gasteiger charge is -2.04. The van der Waals surface area contributed by atoms with Gasteiger partial charge in [0.15, 0.2) is 0 Å². The van der Waals surface area contributed by atoms with Gasteiger partial charge in [-0.1, -0.05) is 35.2 Å². The normalized spacial score (nSPS) is 10.4. The Balaban J connectivity index is 3.11. The van der Waals surface area contributed by atoms with E-state index in [4.69, 9.17) is 9.84 Å². The molecule has 0 aliphatic heterocycles. The molecule has 0 heterocycles. The number of rotatable bonds is 11. The maximum Gasteiger partial charge on any atom is 0.305 e. The summed E-state index contributed by atoms with van der Waals surface area (Å²) in [4.78, 5) is 11.2. The second kappa shape index (κ2) is 13.0. The van der Waals surface area contributed by atoms with Crippen LogP contribution in [-0.4, -0.2) is 29.6 Å². The first-order valence-electron chi connectivity index (χ1n) is 6.13. The molecule has 0 rings (SSSR count). The van der Waals surface area contributed by atoms with Crippen LogP contribution in [0.25, 0.3) is 0 Å². The third-order valence-electron chi connectivity index (χ3n) is 2.33. The molecule has 0 saturated heterocycles. The van der Waals surface area contributed by atoms with Crippen molar-refractivity contribution in [1.82, 2.24) is 0 Å². The molecule has 0 aromatic rings. The molecule has 0 radical (unpaired) electrons. The lowest BCUT2D eigenvalue weighted by molar-refractivity contribution is -0.143. The van der Waals surface area contributed by atoms with Crippen molar-refractivity contribution in [3.05, 3.63) is 0 Å². The Morgan fingerprint density at radius 3 is 2.38 bits per heavy atom. The van der Waals surface area contributed by atoms with Crippen LogP contribution >= 0.6 is 15.9 Å². The van der Waals surface area contributed by atoms with Crippen LogP contribution in [0.1, 0.15) is 51.4 Å². The highest BCUT2D eigenvalue weighted by atomic mass is 79.9. The number of alkyl halides is 1. The van der Waals surface area contributed by atoms with Gasteiger partial charge in [-0.2, -0.15) is 0 Å². The molecule has 0 bridgehead atoms.